The Kier molecular flexibility index (Phi) is 3.29. The van der Waals surface area contributed by atoms with Crippen LogP contribution < -0.4 is 10.6 Å². The molecule has 1 heterocycles. The number of hydrogen-bond donors (Lipinski definition) is 1. The standard InChI is InChI=1S/C16H24N2/c1-12-4-2-7-15(9-17)16(12)18-10-13-5-3-6-14(8-13)11-18/h2,4,7,13-14H,3,5-6,8-11,17H2,1H3. The topological polar surface area (TPSA) is 29.3 Å². The molecule has 2 fully saturated rings. The molecule has 0 spiro atoms. The zero-order valence-corrected chi connectivity index (χ0v) is 11.4. The minimum Gasteiger partial charge on any atom is -0.371 e. The highest BCUT2D eigenvalue weighted by atomic mass is 15.1. The molecule has 3 rings (SSSR count). The number of fused-ring (bicyclic) bond motifs is 2. The molecule has 2 heteroatoms. The van der Waals surface area contributed by atoms with Crippen LogP contribution in [0.4, 0.5) is 5.69 Å². The largest absolute Gasteiger partial charge is 0.371 e. The second kappa shape index (κ2) is 4.93. The summed E-state index contributed by atoms with van der Waals surface area (Å²) in [5.41, 5.74) is 10.0. The lowest BCUT2D eigenvalue weighted by molar-refractivity contribution is 0.231. The maximum atomic E-state index is 5.92. The van der Waals surface area contributed by atoms with Crippen molar-refractivity contribution in [1.82, 2.24) is 0 Å². The number of aryl methyl sites for hydroxylation is 1. The first-order chi connectivity index (χ1) is 8.78. The van der Waals surface area contributed by atoms with Crippen LogP contribution in [0, 0.1) is 18.8 Å². The van der Waals surface area contributed by atoms with E-state index in [1.807, 2.05) is 0 Å². The molecular weight excluding hydrogens is 220 g/mol. The van der Waals surface area contributed by atoms with E-state index >= 15 is 0 Å². The molecule has 2 unspecified atom stereocenters. The van der Waals surface area contributed by atoms with E-state index in [9.17, 15) is 0 Å². The molecule has 18 heavy (non-hydrogen) atoms. The van der Waals surface area contributed by atoms with Crippen LogP contribution >= 0.6 is 0 Å². The molecular formula is C16H24N2. The van der Waals surface area contributed by atoms with Crippen molar-refractivity contribution >= 4 is 5.69 Å². The van der Waals surface area contributed by atoms with Crippen LogP contribution in [-0.4, -0.2) is 13.1 Å². The van der Waals surface area contributed by atoms with Gasteiger partial charge in [-0.05, 0) is 49.1 Å². The number of hydrogen-bond acceptors (Lipinski definition) is 2. The van der Waals surface area contributed by atoms with Gasteiger partial charge in [0.25, 0.3) is 0 Å². The third-order valence-electron chi connectivity index (χ3n) is 4.71. The smallest absolute Gasteiger partial charge is 0.0441 e. The van der Waals surface area contributed by atoms with Gasteiger partial charge in [0, 0.05) is 25.3 Å². The van der Waals surface area contributed by atoms with Crippen LogP contribution in [0.1, 0.15) is 36.8 Å². The molecule has 98 valence electrons. The van der Waals surface area contributed by atoms with Crippen LogP contribution in [0.3, 0.4) is 0 Å². The lowest BCUT2D eigenvalue weighted by Gasteiger charge is -2.43. The van der Waals surface area contributed by atoms with Crippen molar-refractivity contribution < 1.29 is 0 Å². The fourth-order valence-corrected chi connectivity index (χ4v) is 3.95. The Morgan fingerprint density at radius 3 is 2.61 bits per heavy atom. The molecule has 2 nitrogen and oxygen atoms in total. The minimum atomic E-state index is 0.656. The molecule has 2 bridgehead atoms. The second-order valence-corrected chi connectivity index (χ2v) is 6.09. The van der Waals surface area contributed by atoms with Crippen molar-refractivity contribution in [3.8, 4) is 0 Å². The molecule has 2 aliphatic rings. The summed E-state index contributed by atoms with van der Waals surface area (Å²) in [7, 11) is 0. The summed E-state index contributed by atoms with van der Waals surface area (Å²) in [6.45, 7) is 5.37. The Morgan fingerprint density at radius 2 is 1.94 bits per heavy atom. The molecule has 1 aliphatic carbocycles. The molecule has 1 saturated carbocycles. The minimum absolute atomic E-state index is 0.656. The van der Waals surface area contributed by atoms with Crippen molar-refractivity contribution in [2.24, 2.45) is 17.6 Å². The molecule has 1 aromatic carbocycles. The molecule has 0 aromatic heterocycles. The van der Waals surface area contributed by atoms with Gasteiger partial charge < -0.3 is 10.6 Å². The molecule has 2 atom stereocenters. The lowest BCUT2D eigenvalue weighted by atomic mass is 9.77. The van der Waals surface area contributed by atoms with E-state index in [0.29, 0.717) is 6.54 Å². The van der Waals surface area contributed by atoms with E-state index in [-0.39, 0.29) is 0 Å². The first-order valence-electron chi connectivity index (χ1n) is 7.31. The van der Waals surface area contributed by atoms with Gasteiger partial charge in [0.05, 0.1) is 0 Å². The van der Waals surface area contributed by atoms with Gasteiger partial charge in [0.2, 0.25) is 0 Å². The van der Waals surface area contributed by atoms with Crippen LogP contribution in [0.5, 0.6) is 0 Å². The maximum absolute atomic E-state index is 5.92. The average molecular weight is 244 g/mol. The molecule has 1 aromatic rings. The van der Waals surface area contributed by atoms with Crippen LogP contribution in [0.25, 0.3) is 0 Å². The Bertz CT molecular complexity index is 415. The van der Waals surface area contributed by atoms with E-state index in [1.165, 1.54) is 55.6 Å². The summed E-state index contributed by atoms with van der Waals surface area (Å²) in [5.74, 6) is 1.84. The van der Waals surface area contributed by atoms with Crippen molar-refractivity contribution in [3.05, 3.63) is 29.3 Å². The first kappa shape index (κ1) is 12.0. The quantitative estimate of drug-likeness (QED) is 0.866. The second-order valence-electron chi connectivity index (χ2n) is 6.09. The third kappa shape index (κ3) is 2.14. The number of piperidine rings is 1. The van der Waals surface area contributed by atoms with E-state index in [1.54, 1.807) is 0 Å². The van der Waals surface area contributed by atoms with Crippen LogP contribution in [-0.2, 0) is 6.54 Å². The van der Waals surface area contributed by atoms with Crippen molar-refractivity contribution in [2.75, 3.05) is 18.0 Å². The van der Waals surface area contributed by atoms with Crippen LogP contribution in [0.2, 0.25) is 0 Å². The monoisotopic (exact) mass is 244 g/mol. The summed E-state index contributed by atoms with van der Waals surface area (Å²) in [4.78, 5) is 2.62. The number of nitrogens with zero attached hydrogens (tertiary/aromatic N) is 1. The fraction of sp³-hybridized carbons (Fsp3) is 0.625. The SMILES string of the molecule is Cc1cccc(CN)c1N1CC2CCCC(C2)C1. The number of para-hydroxylation sites is 1. The van der Waals surface area contributed by atoms with Crippen molar-refractivity contribution in [2.45, 2.75) is 39.2 Å². The molecule has 1 aliphatic heterocycles. The number of rotatable bonds is 2. The zero-order valence-electron chi connectivity index (χ0n) is 11.4. The third-order valence-corrected chi connectivity index (χ3v) is 4.71. The van der Waals surface area contributed by atoms with Gasteiger partial charge in [0.15, 0.2) is 0 Å². The van der Waals surface area contributed by atoms with E-state index in [2.05, 4.69) is 30.0 Å². The van der Waals surface area contributed by atoms with Crippen LogP contribution in [0.15, 0.2) is 18.2 Å². The summed E-state index contributed by atoms with van der Waals surface area (Å²) < 4.78 is 0. The number of nitrogens with two attached hydrogens (primary N) is 1. The molecule has 0 amide bonds. The summed E-state index contributed by atoms with van der Waals surface area (Å²) in [6.07, 6.45) is 5.76. The predicted octanol–water partition coefficient (Wildman–Crippen LogP) is 3.08. The predicted molar refractivity (Wildman–Crippen MR) is 76.7 cm³/mol. The maximum Gasteiger partial charge on any atom is 0.0441 e. The fourth-order valence-electron chi connectivity index (χ4n) is 3.95. The van der Waals surface area contributed by atoms with Gasteiger partial charge in [-0.3, -0.25) is 0 Å². The number of benzene rings is 1. The first-order valence-corrected chi connectivity index (χ1v) is 7.31. The Balaban J connectivity index is 1.90. The van der Waals surface area contributed by atoms with Crippen molar-refractivity contribution in [3.63, 3.8) is 0 Å². The number of anilines is 1. The van der Waals surface area contributed by atoms with Crippen molar-refractivity contribution in [1.29, 1.82) is 0 Å². The van der Waals surface area contributed by atoms with Gasteiger partial charge in [-0.25, -0.2) is 0 Å². The molecule has 0 radical (unpaired) electrons. The van der Waals surface area contributed by atoms with E-state index < -0.39 is 0 Å². The Labute approximate surface area is 110 Å². The lowest BCUT2D eigenvalue weighted by Crippen LogP contribution is -2.43. The highest BCUT2D eigenvalue weighted by molar-refractivity contribution is 5.59. The van der Waals surface area contributed by atoms with E-state index in [4.69, 9.17) is 5.73 Å². The molecule has 1 saturated heterocycles. The average Bonchev–Trinajstić information content (AvgIpc) is 2.37. The highest BCUT2D eigenvalue weighted by Gasteiger charge is 2.31. The summed E-state index contributed by atoms with van der Waals surface area (Å²) in [6, 6.07) is 6.54. The van der Waals surface area contributed by atoms with Gasteiger partial charge in [-0.15, -0.1) is 0 Å². The highest BCUT2D eigenvalue weighted by Crippen LogP contribution is 2.38. The molecule has 2 N–H and O–H groups in total. The Morgan fingerprint density at radius 1 is 1.22 bits per heavy atom. The summed E-state index contributed by atoms with van der Waals surface area (Å²) >= 11 is 0. The zero-order chi connectivity index (χ0) is 12.5. The normalized spacial score (nSPS) is 27.3. The van der Waals surface area contributed by atoms with E-state index in [0.717, 1.165) is 11.8 Å². The van der Waals surface area contributed by atoms with Gasteiger partial charge in [-0.1, -0.05) is 24.6 Å². The summed E-state index contributed by atoms with van der Waals surface area (Å²) in [5, 5.41) is 0. The van der Waals surface area contributed by atoms with Gasteiger partial charge in [0.1, 0.15) is 0 Å². The van der Waals surface area contributed by atoms with Gasteiger partial charge >= 0.3 is 0 Å². The Hall–Kier alpha value is -1.02. The van der Waals surface area contributed by atoms with Gasteiger partial charge in [-0.2, -0.15) is 0 Å².